The van der Waals surface area contributed by atoms with E-state index in [-0.39, 0.29) is 11.4 Å². The molecule has 0 unspecified atom stereocenters. The highest BCUT2D eigenvalue weighted by Gasteiger charge is 2.12. The van der Waals surface area contributed by atoms with Crippen LogP contribution in [0.2, 0.25) is 0 Å². The number of benzene rings is 1. The Morgan fingerprint density at radius 2 is 1.94 bits per heavy atom. The first-order valence-electron chi connectivity index (χ1n) is 4.82. The normalized spacial score (nSPS) is 12.2. The van der Waals surface area contributed by atoms with E-state index in [1.165, 1.54) is 6.08 Å². The van der Waals surface area contributed by atoms with Crippen molar-refractivity contribution in [1.29, 1.82) is 0 Å². The van der Waals surface area contributed by atoms with Gasteiger partial charge in [-0.1, -0.05) is 30.3 Å². The van der Waals surface area contributed by atoms with Crippen molar-refractivity contribution in [3.8, 4) is 0 Å². The first kappa shape index (κ1) is 13.2. The Bertz CT molecular complexity index is 520. The average molecular weight is 255 g/mol. The van der Waals surface area contributed by atoms with E-state index in [0.717, 1.165) is 6.26 Å². The van der Waals surface area contributed by atoms with Gasteiger partial charge in [0.1, 0.15) is 0 Å². The lowest BCUT2D eigenvalue weighted by Crippen LogP contribution is -2.25. The highest BCUT2D eigenvalue weighted by atomic mass is 32.2. The zero-order valence-electron chi connectivity index (χ0n) is 9.25. The number of hydrogen-bond acceptors (Lipinski definition) is 3. The topological polar surface area (TPSA) is 83.5 Å². The van der Waals surface area contributed by atoms with E-state index in [0.29, 0.717) is 5.56 Å². The molecule has 6 heteroatoms. The van der Waals surface area contributed by atoms with Gasteiger partial charge in [0.15, 0.2) is 9.84 Å². The van der Waals surface area contributed by atoms with Gasteiger partial charge in [-0.15, -0.1) is 0 Å². The molecule has 2 N–H and O–H groups in total. The van der Waals surface area contributed by atoms with Crippen molar-refractivity contribution in [2.45, 2.75) is 0 Å². The summed E-state index contributed by atoms with van der Waals surface area (Å²) in [6, 6.07) is 8.84. The van der Waals surface area contributed by atoms with Gasteiger partial charge in [0.25, 0.3) is 0 Å². The molecule has 1 amide bonds. The molecule has 0 heterocycles. The lowest BCUT2D eigenvalue weighted by atomic mass is 10.2. The summed E-state index contributed by atoms with van der Waals surface area (Å²) in [6.07, 6.45) is 1.24. The molecule has 0 aliphatic carbocycles. The van der Waals surface area contributed by atoms with Crippen molar-refractivity contribution in [2.75, 3.05) is 12.8 Å². The molecule has 1 aromatic carbocycles. The molecule has 1 aromatic rings. The molecule has 92 valence electrons. The Morgan fingerprint density at radius 1 is 1.35 bits per heavy atom. The van der Waals surface area contributed by atoms with Gasteiger partial charge in [0, 0.05) is 6.26 Å². The van der Waals surface area contributed by atoms with Crippen LogP contribution in [0.3, 0.4) is 0 Å². The summed E-state index contributed by atoms with van der Waals surface area (Å²) in [7, 11) is -3.42. The van der Waals surface area contributed by atoms with E-state index < -0.39 is 15.9 Å². The van der Waals surface area contributed by atoms with Crippen molar-refractivity contribution in [3.63, 3.8) is 0 Å². The number of amides is 1. The molecule has 0 aromatic heterocycles. The minimum atomic E-state index is -3.42. The Balaban J connectivity index is 2.99. The third kappa shape index (κ3) is 4.69. The molecule has 0 aliphatic rings. The number of carboxylic acid groups (broad SMARTS) is 1. The number of sulfone groups is 1. The van der Waals surface area contributed by atoms with E-state index in [9.17, 15) is 13.2 Å². The van der Waals surface area contributed by atoms with Crippen LogP contribution < -0.4 is 5.32 Å². The summed E-state index contributed by atoms with van der Waals surface area (Å²) in [5, 5.41) is 10.5. The minimum Gasteiger partial charge on any atom is -0.465 e. The molecular weight excluding hydrogens is 242 g/mol. The lowest BCUT2D eigenvalue weighted by Gasteiger charge is -2.05. The monoisotopic (exact) mass is 255 g/mol. The summed E-state index contributed by atoms with van der Waals surface area (Å²) in [5.74, 6) is 0. The summed E-state index contributed by atoms with van der Waals surface area (Å²) in [6.45, 7) is -0.233. The molecule has 5 nitrogen and oxygen atoms in total. The van der Waals surface area contributed by atoms with Gasteiger partial charge in [0.05, 0.1) is 11.4 Å². The van der Waals surface area contributed by atoms with Crippen LogP contribution in [0, 0.1) is 0 Å². The van der Waals surface area contributed by atoms with Crippen LogP contribution in [-0.4, -0.2) is 32.4 Å². The van der Waals surface area contributed by atoms with Gasteiger partial charge < -0.3 is 10.4 Å². The second-order valence-electron chi connectivity index (χ2n) is 3.45. The number of carbonyl (C=O) groups is 1. The molecule has 0 atom stereocenters. The van der Waals surface area contributed by atoms with Crippen molar-refractivity contribution in [2.24, 2.45) is 0 Å². The fourth-order valence-corrected chi connectivity index (χ4v) is 1.87. The highest BCUT2D eigenvalue weighted by molar-refractivity contribution is 7.94. The van der Waals surface area contributed by atoms with Gasteiger partial charge in [-0.25, -0.2) is 13.2 Å². The van der Waals surface area contributed by atoms with Gasteiger partial charge in [-0.2, -0.15) is 0 Å². The second-order valence-corrected chi connectivity index (χ2v) is 5.52. The van der Waals surface area contributed by atoms with Crippen molar-refractivity contribution >= 4 is 22.0 Å². The quantitative estimate of drug-likeness (QED) is 0.850. The maximum absolute atomic E-state index is 11.4. The molecule has 1 rings (SSSR count). The summed E-state index contributed by atoms with van der Waals surface area (Å²) in [4.78, 5) is 10.4. The van der Waals surface area contributed by atoms with Crippen LogP contribution in [0.4, 0.5) is 4.79 Å². The van der Waals surface area contributed by atoms with Gasteiger partial charge in [-0.3, -0.25) is 0 Å². The fraction of sp³-hybridized carbons (Fsp3) is 0.182. The summed E-state index contributed by atoms with van der Waals surface area (Å²) < 4.78 is 22.9. The average Bonchev–Trinajstić information content (AvgIpc) is 2.23. The minimum absolute atomic E-state index is 0.0334. The van der Waals surface area contributed by atoms with Gasteiger partial charge in [-0.05, 0) is 11.6 Å². The van der Waals surface area contributed by atoms with Crippen LogP contribution in [-0.2, 0) is 9.84 Å². The smallest absolute Gasteiger partial charge is 0.404 e. The van der Waals surface area contributed by atoms with Gasteiger partial charge >= 0.3 is 6.09 Å². The van der Waals surface area contributed by atoms with Crippen LogP contribution in [0.25, 0.3) is 6.08 Å². The largest absolute Gasteiger partial charge is 0.465 e. The third-order valence-corrected chi connectivity index (χ3v) is 3.23. The van der Waals surface area contributed by atoms with Crippen LogP contribution in [0.1, 0.15) is 5.56 Å². The first-order chi connectivity index (χ1) is 7.89. The van der Waals surface area contributed by atoms with Crippen molar-refractivity contribution < 1.29 is 18.3 Å². The maximum atomic E-state index is 11.4. The Kier molecular flexibility index (Phi) is 4.28. The highest BCUT2D eigenvalue weighted by Crippen LogP contribution is 2.10. The summed E-state index contributed by atoms with van der Waals surface area (Å²) >= 11 is 0. The van der Waals surface area contributed by atoms with E-state index >= 15 is 0 Å². The molecular formula is C11H13NO4S. The van der Waals surface area contributed by atoms with E-state index in [2.05, 4.69) is 0 Å². The van der Waals surface area contributed by atoms with E-state index in [1.807, 2.05) is 11.4 Å². The van der Waals surface area contributed by atoms with E-state index in [4.69, 9.17) is 5.11 Å². The number of hydrogen-bond donors (Lipinski definition) is 2. The Hall–Kier alpha value is -1.82. The van der Waals surface area contributed by atoms with Crippen LogP contribution >= 0.6 is 0 Å². The Labute approximate surface area is 99.7 Å². The molecule has 0 saturated carbocycles. The standard InChI is InChI=1S/C11H13NO4S/c1-17(15,16)10(8-12-11(13)14)7-9-5-3-2-4-6-9/h2-7,12H,8H2,1H3,(H,13,14)/b10-7-. The Morgan fingerprint density at radius 3 is 2.41 bits per heavy atom. The SMILES string of the molecule is CS(=O)(=O)/C(=C\c1ccccc1)CNC(=O)O. The molecule has 0 spiro atoms. The zero-order chi connectivity index (χ0) is 12.9. The van der Waals surface area contributed by atoms with E-state index in [1.54, 1.807) is 24.3 Å². The number of nitrogens with one attached hydrogen (secondary N) is 1. The van der Waals surface area contributed by atoms with Gasteiger partial charge in [0.2, 0.25) is 0 Å². The zero-order valence-corrected chi connectivity index (χ0v) is 10.1. The summed E-state index contributed by atoms with van der Waals surface area (Å²) in [5.41, 5.74) is 0.708. The molecule has 17 heavy (non-hydrogen) atoms. The second kappa shape index (κ2) is 5.49. The van der Waals surface area contributed by atoms with Crippen LogP contribution in [0.5, 0.6) is 0 Å². The number of rotatable bonds is 4. The third-order valence-electron chi connectivity index (χ3n) is 2.02. The first-order valence-corrected chi connectivity index (χ1v) is 6.71. The molecule has 0 radical (unpaired) electrons. The predicted octanol–water partition coefficient (Wildman–Crippen LogP) is 1.34. The van der Waals surface area contributed by atoms with Crippen molar-refractivity contribution in [1.82, 2.24) is 5.32 Å². The fourth-order valence-electron chi connectivity index (χ4n) is 1.19. The van der Waals surface area contributed by atoms with Crippen molar-refractivity contribution in [3.05, 3.63) is 40.8 Å². The lowest BCUT2D eigenvalue weighted by molar-refractivity contribution is 0.195. The maximum Gasteiger partial charge on any atom is 0.404 e. The molecule has 0 bridgehead atoms. The predicted molar refractivity (Wildman–Crippen MR) is 65.3 cm³/mol. The molecule has 0 saturated heterocycles. The molecule has 0 aliphatic heterocycles. The molecule has 0 fully saturated rings. The van der Waals surface area contributed by atoms with Crippen LogP contribution in [0.15, 0.2) is 35.2 Å².